The number of nitrogens with two attached hydrogens (primary N) is 2. The molecule has 0 saturated carbocycles. The maximum atomic E-state index is 5.78. The molecule has 0 aliphatic heterocycles. The fourth-order valence-electron chi connectivity index (χ4n) is 1.19. The molecule has 1 aromatic rings. The largest absolute Gasteiger partial charge is 0.494 e. The summed E-state index contributed by atoms with van der Waals surface area (Å²) in [6.45, 7) is 1.10. The fourth-order valence-corrected chi connectivity index (χ4v) is 1.30. The molecule has 0 aliphatic carbocycles. The normalized spacial score (nSPS) is 12.5. The van der Waals surface area contributed by atoms with Gasteiger partial charge in [0.15, 0.2) is 0 Å². The van der Waals surface area contributed by atoms with E-state index in [9.17, 15) is 0 Å². The van der Waals surface area contributed by atoms with Crippen molar-refractivity contribution in [1.29, 1.82) is 0 Å². The molecule has 0 aliphatic rings. The van der Waals surface area contributed by atoms with Gasteiger partial charge >= 0.3 is 0 Å². The van der Waals surface area contributed by atoms with Gasteiger partial charge in [-0.1, -0.05) is 12.1 Å². The molecule has 4 heteroatoms. The zero-order valence-electron chi connectivity index (χ0n) is 8.66. The lowest BCUT2D eigenvalue weighted by Crippen LogP contribution is -2.20. The number of ether oxygens (including phenoxy) is 1. The van der Waals surface area contributed by atoms with Gasteiger partial charge in [0.25, 0.3) is 0 Å². The molecule has 0 aromatic heterocycles. The SMILES string of the molecule is NC[C@@H](N)c1ccc(OCCCCl)cc1. The third kappa shape index (κ3) is 4.08. The summed E-state index contributed by atoms with van der Waals surface area (Å²) in [7, 11) is 0. The van der Waals surface area contributed by atoms with Crippen LogP contribution >= 0.6 is 11.6 Å². The van der Waals surface area contributed by atoms with Crippen LogP contribution in [0.4, 0.5) is 0 Å². The van der Waals surface area contributed by atoms with Crippen LogP contribution in [0.2, 0.25) is 0 Å². The molecule has 84 valence electrons. The van der Waals surface area contributed by atoms with Gasteiger partial charge in [-0.2, -0.15) is 0 Å². The van der Waals surface area contributed by atoms with Crippen molar-refractivity contribution in [1.82, 2.24) is 0 Å². The van der Waals surface area contributed by atoms with Gasteiger partial charge < -0.3 is 16.2 Å². The van der Waals surface area contributed by atoms with E-state index in [0.717, 1.165) is 17.7 Å². The second-order valence-electron chi connectivity index (χ2n) is 3.30. The van der Waals surface area contributed by atoms with Gasteiger partial charge in [-0.3, -0.25) is 0 Å². The number of rotatable bonds is 6. The molecule has 0 heterocycles. The number of benzene rings is 1. The third-order valence-electron chi connectivity index (χ3n) is 2.11. The highest BCUT2D eigenvalue weighted by atomic mass is 35.5. The maximum Gasteiger partial charge on any atom is 0.119 e. The lowest BCUT2D eigenvalue weighted by molar-refractivity contribution is 0.318. The van der Waals surface area contributed by atoms with Gasteiger partial charge in [-0.15, -0.1) is 11.6 Å². The molecule has 3 nitrogen and oxygen atoms in total. The van der Waals surface area contributed by atoms with Crippen LogP contribution in [0.3, 0.4) is 0 Å². The van der Waals surface area contributed by atoms with Crippen LogP contribution in [-0.2, 0) is 0 Å². The standard InChI is InChI=1S/C11H17ClN2O/c12-6-1-7-15-10-4-2-9(3-5-10)11(14)8-13/h2-5,11H,1,6-8,13-14H2/t11-/m1/s1. The smallest absolute Gasteiger partial charge is 0.119 e. The minimum absolute atomic E-state index is 0.0955. The quantitative estimate of drug-likeness (QED) is 0.575. The topological polar surface area (TPSA) is 61.3 Å². The lowest BCUT2D eigenvalue weighted by Gasteiger charge is -2.10. The zero-order valence-corrected chi connectivity index (χ0v) is 9.41. The molecular weight excluding hydrogens is 212 g/mol. The highest BCUT2D eigenvalue weighted by Crippen LogP contribution is 2.15. The summed E-state index contributed by atoms with van der Waals surface area (Å²) in [6.07, 6.45) is 0.853. The molecular formula is C11H17ClN2O. The van der Waals surface area contributed by atoms with Crippen molar-refractivity contribution in [3.8, 4) is 5.75 Å². The van der Waals surface area contributed by atoms with Crippen molar-refractivity contribution >= 4 is 11.6 Å². The van der Waals surface area contributed by atoms with Crippen LogP contribution in [-0.4, -0.2) is 19.0 Å². The maximum absolute atomic E-state index is 5.78. The molecule has 0 unspecified atom stereocenters. The van der Waals surface area contributed by atoms with Gasteiger partial charge in [0.05, 0.1) is 6.61 Å². The lowest BCUT2D eigenvalue weighted by atomic mass is 10.1. The first kappa shape index (κ1) is 12.3. The average Bonchev–Trinajstić information content (AvgIpc) is 2.29. The minimum Gasteiger partial charge on any atom is -0.494 e. The van der Waals surface area contributed by atoms with Crippen molar-refractivity contribution < 1.29 is 4.74 Å². The van der Waals surface area contributed by atoms with Crippen molar-refractivity contribution in [2.45, 2.75) is 12.5 Å². The van der Waals surface area contributed by atoms with Crippen LogP contribution in [0.25, 0.3) is 0 Å². The van der Waals surface area contributed by atoms with Crippen molar-refractivity contribution in [3.05, 3.63) is 29.8 Å². The van der Waals surface area contributed by atoms with Crippen LogP contribution < -0.4 is 16.2 Å². The van der Waals surface area contributed by atoms with Gasteiger partial charge in [-0.25, -0.2) is 0 Å². The first-order valence-electron chi connectivity index (χ1n) is 5.02. The monoisotopic (exact) mass is 228 g/mol. The molecule has 0 spiro atoms. The fraction of sp³-hybridized carbons (Fsp3) is 0.455. The Morgan fingerprint density at radius 2 is 1.93 bits per heavy atom. The van der Waals surface area contributed by atoms with Crippen molar-refractivity contribution in [2.24, 2.45) is 11.5 Å². The Bertz CT molecular complexity index is 276. The summed E-state index contributed by atoms with van der Waals surface area (Å²) in [5.41, 5.74) is 12.3. The Morgan fingerprint density at radius 1 is 1.27 bits per heavy atom. The Hall–Kier alpha value is -0.770. The first-order chi connectivity index (χ1) is 7.27. The van der Waals surface area contributed by atoms with Crippen LogP contribution in [0.5, 0.6) is 5.75 Å². The summed E-state index contributed by atoms with van der Waals surface area (Å²) in [5.74, 6) is 1.46. The average molecular weight is 229 g/mol. The van der Waals surface area contributed by atoms with Crippen molar-refractivity contribution in [2.75, 3.05) is 19.0 Å². The molecule has 1 atom stereocenters. The molecule has 0 saturated heterocycles. The Balaban J connectivity index is 2.49. The molecule has 15 heavy (non-hydrogen) atoms. The van der Waals surface area contributed by atoms with Gasteiger partial charge in [-0.05, 0) is 24.1 Å². The van der Waals surface area contributed by atoms with E-state index in [-0.39, 0.29) is 6.04 Å². The third-order valence-corrected chi connectivity index (χ3v) is 2.38. The summed E-state index contributed by atoms with van der Waals surface area (Å²) in [6, 6.07) is 7.58. The second-order valence-corrected chi connectivity index (χ2v) is 3.68. The zero-order chi connectivity index (χ0) is 11.1. The van der Waals surface area contributed by atoms with Gasteiger partial charge in [0.2, 0.25) is 0 Å². The molecule has 4 N–H and O–H groups in total. The summed E-state index contributed by atoms with van der Waals surface area (Å²) >= 11 is 5.54. The summed E-state index contributed by atoms with van der Waals surface area (Å²) < 4.78 is 5.46. The second kappa shape index (κ2) is 6.67. The van der Waals surface area contributed by atoms with Crippen LogP contribution in [0.15, 0.2) is 24.3 Å². The molecule has 0 amide bonds. The van der Waals surface area contributed by atoms with E-state index >= 15 is 0 Å². The predicted molar refractivity (Wildman–Crippen MR) is 63.3 cm³/mol. The Labute approximate surface area is 95.4 Å². The molecule has 1 aromatic carbocycles. The molecule has 0 radical (unpaired) electrons. The Kier molecular flexibility index (Phi) is 5.47. The number of alkyl halides is 1. The Morgan fingerprint density at radius 3 is 2.47 bits per heavy atom. The minimum atomic E-state index is -0.0955. The summed E-state index contributed by atoms with van der Waals surface area (Å²) in [5, 5.41) is 0. The van der Waals surface area contributed by atoms with Crippen LogP contribution in [0, 0.1) is 0 Å². The van der Waals surface area contributed by atoms with E-state index in [1.54, 1.807) is 0 Å². The number of halogens is 1. The first-order valence-corrected chi connectivity index (χ1v) is 5.55. The van der Waals surface area contributed by atoms with Crippen molar-refractivity contribution in [3.63, 3.8) is 0 Å². The number of hydrogen-bond donors (Lipinski definition) is 2. The van der Waals surface area contributed by atoms with Gasteiger partial charge in [0.1, 0.15) is 5.75 Å². The van der Waals surface area contributed by atoms with Gasteiger partial charge in [0, 0.05) is 18.5 Å². The molecule has 1 rings (SSSR count). The van der Waals surface area contributed by atoms with E-state index < -0.39 is 0 Å². The summed E-state index contributed by atoms with van der Waals surface area (Å²) in [4.78, 5) is 0. The van der Waals surface area contributed by atoms with E-state index in [0.29, 0.717) is 19.0 Å². The van der Waals surface area contributed by atoms with E-state index in [1.807, 2.05) is 24.3 Å². The van der Waals surface area contributed by atoms with E-state index in [4.69, 9.17) is 27.8 Å². The van der Waals surface area contributed by atoms with Crippen LogP contribution in [0.1, 0.15) is 18.0 Å². The highest BCUT2D eigenvalue weighted by Gasteiger charge is 2.02. The van der Waals surface area contributed by atoms with E-state index in [2.05, 4.69) is 0 Å². The predicted octanol–water partition coefficient (Wildman–Crippen LogP) is 1.65. The van der Waals surface area contributed by atoms with E-state index in [1.165, 1.54) is 0 Å². The molecule has 0 fully saturated rings. The highest BCUT2D eigenvalue weighted by molar-refractivity contribution is 6.17. The molecule has 0 bridgehead atoms. The number of hydrogen-bond acceptors (Lipinski definition) is 3.